The molecule has 1 aliphatic rings. The van der Waals surface area contributed by atoms with Gasteiger partial charge in [0.05, 0.1) is 12.0 Å². The van der Waals surface area contributed by atoms with Gasteiger partial charge in [-0.25, -0.2) is 0 Å². The van der Waals surface area contributed by atoms with Crippen LogP contribution in [0.1, 0.15) is 37.2 Å². The van der Waals surface area contributed by atoms with Crippen LogP contribution in [0.15, 0.2) is 28.7 Å². The van der Waals surface area contributed by atoms with Crippen LogP contribution in [0, 0.1) is 5.92 Å². The van der Waals surface area contributed by atoms with Crippen LogP contribution >= 0.6 is 15.9 Å². The molecule has 0 amide bonds. The Kier molecular flexibility index (Phi) is 4.40. The molecule has 1 aliphatic carbocycles. The number of carboxylic acid groups (broad SMARTS) is 1. The Balaban J connectivity index is 2.27. The van der Waals surface area contributed by atoms with E-state index in [0.29, 0.717) is 6.42 Å². The summed E-state index contributed by atoms with van der Waals surface area (Å²) in [6.07, 6.45) is 2.99. The van der Waals surface area contributed by atoms with Crippen molar-refractivity contribution in [1.29, 1.82) is 0 Å². The van der Waals surface area contributed by atoms with E-state index >= 15 is 0 Å². The SMILES string of the molecule is O=C(O)C(c1ccc(Br)cc1)C1CCCCC1O. The normalized spacial score (nSPS) is 25.7. The number of aliphatic carboxylic acids is 1. The van der Waals surface area contributed by atoms with E-state index in [2.05, 4.69) is 15.9 Å². The number of halogens is 1. The van der Waals surface area contributed by atoms with E-state index in [4.69, 9.17) is 0 Å². The van der Waals surface area contributed by atoms with Gasteiger partial charge >= 0.3 is 5.97 Å². The van der Waals surface area contributed by atoms with E-state index in [-0.39, 0.29) is 5.92 Å². The molecule has 1 fully saturated rings. The third-order valence-electron chi connectivity index (χ3n) is 3.70. The van der Waals surface area contributed by atoms with Gasteiger partial charge in [0.25, 0.3) is 0 Å². The Morgan fingerprint density at radius 1 is 1.22 bits per heavy atom. The third-order valence-corrected chi connectivity index (χ3v) is 4.23. The van der Waals surface area contributed by atoms with Crippen LogP contribution < -0.4 is 0 Å². The lowest BCUT2D eigenvalue weighted by molar-refractivity contribution is -0.142. The third kappa shape index (κ3) is 2.93. The lowest BCUT2D eigenvalue weighted by Crippen LogP contribution is -2.33. The maximum Gasteiger partial charge on any atom is 0.311 e. The fourth-order valence-corrected chi connectivity index (χ4v) is 3.04. The van der Waals surface area contributed by atoms with Gasteiger partial charge in [-0.3, -0.25) is 4.79 Å². The van der Waals surface area contributed by atoms with Crippen LogP contribution in [0.25, 0.3) is 0 Å². The predicted octanol–water partition coefficient (Wildman–Crippen LogP) is 3.17. The lowest BCUT2D eigenvalue weighted by atomic mass is 9.75. The Morgan fingerprint density at radius 3 is 2.39 bits per heavy atom. The molecule has 1 aromatic carbocycles. The highest BCUT2D eigenvalue weighted by Gasteiger charge is 2.36. The van der Waals surface area contributed by atoms with Crippen molar-refractivity contribution < 1.29 is 15.0 Å². The number of carboxylic acids is 1. The highest BCUT2D eigenvalue weighted by atomic mass is 79.9. The zero-order chi connectivity index (χ0) is 13.1. The van der Waals surface area contributed by atoms with Crippen LogP contribution in [-0.2, 0) is 4.79 Å². The van der Waals surface area contributed by atoms with Crippen LogP contribution in [0.3, 0.4) is 0 Å². The zero-order valence-electron chi connectivity index (χ0n) is 10.1. The molecule has 98 valence electrons. The van der Waals surface area contributed by atoms with Crippen molar-refractivity contribution in [2.45, 2.75) is 37.7 Å². The predicted molar refractivity (Wildman–Crippen MR) is 72.5 cm³/mol. The number of carbonyl (C=O) groups is 1. The number of benzene rings is 1. The molecule has 3 nitrogen and oxygen atoms in total. The molecule has 2 rings (SSSR count). The van der Waals surface area contributed by atoms with Gasteiger partial charge in [-0.2, -0.15) is 0 Å². The molecule has 2 N–H and O–H groups in total. The minimum atomic E-state index is -0.844. The van der Waals surface area contributed by atoms with E-state index in [1.807, 2.05) is 24.3 Å². The van der Waals surface area contributed by atoms with Gasteiger partial charge in [0.1, 0.15) is 0 Å². The summed E-state index contributed by atoms with van der Waals surface area (Å²) in [5.41, 5.74) is 0.775. The van der Waals surface area contributed by atoms with Gasteiger partial charge < -0.3 is 10.2 Å². The Labute approximate surface area is 115 Å². The first-order valence-electron chi connectivity index (χ1n) is 6.26. The van der Waals surface area contributed by atoms with E-state index in [1.165, 1.54) is 0 Å². The Hall–Kier alpha value is -0.870. The van der Waals surface area contributed by atoms with Crippen molar-refractivity contribution in [3.8, 4) is 0 Å². The molecule has 1 saturated carbocycles. The van der Waals surface area contributed by atoms with Crippen molar-refractivity contribution >= 4 is 21.9 Å². The second-order valence-electron chi connectivity index (χ2n) is 4.88. The standard InChI is InChI=1S/C14H17BrO3/c15-10-7-5-9(6-8-10)13(14(17)18)11-3-1-2-4-12(11)16/h5-8,11-13,16H,1-4H2,(H,17,18). The van der Waals surface area contributed by atoms with Gasteiger partial charge in [-0.05, 0) is 30.5 Å². The first-order valence-corrected chi connectivity index (χ1v) is 7.05. The highest BCUT2D eigenvalue weighted by Crippen LogP contribution is 2.36. The van der Waals surface area contributed by atoms with Gasteiger partial charge in [0.15, 0.2) is 0 Å². The molecule has 3 unspecified atom stereocenters. The molecule has 0 heterocycles. The van der Waals surface area contributed by atoms with E-state index in [9.17, 15) is 15.0 Å². The summed E-state index contributed by atoms with van der Waals surface area (Å²) >= 11 is 3.34. The molecule has 0 saturated heterocycles. The van der Waals surface area contributed by atoms with Crippen molar-refractivity contribution in [3.63, 3.8) is 0 Å². The Morgan fingerprint density at radius 2 is 1.83 bits per heavy atom. The fourth-order valence-electron chi connectivity index (χ4n) is 2.77. The monoisotopic (exact) mass is 312 g/mol. The van der Waals surface area contributed by atoms with Crippen molar-refractivity contribution in [1.82, 2.24) is 0 Å². The molecule has 1 aromatic rings. The molecule has 18 heavy (non-hydrogen) atoms. The van der Waals surface area contributed by atoms with E-state index < -0.39 is 18.0 Å². The van der Waals surface area contributed by atoms with Crippen molar-refractivity contribution in [3.05, 3.63) is 34.3 Å². The van der Waals surface area contributed by atoms with Crippen LogP contribution in [0.2, 0.25) is 0 Å². The molecule has 4 heteroatoms. The first-order chi connectivity index (χ1) is 8.59. The summed E-state index contributed by atoms with van der Waals surface area (Å²) in [6, 6.07) is 7.34. The van der Waals surface area contributed by atoms with Crippen LogP contribution in [-0.4, -0.2) is 22.3 Å². The second-order valence-corrected chi connectivity index (χ2v) is 5.80. The number of hydrogen-bond donors (Lipinski definition) is 2. The van der Waals surface area contributed by atoms with Crippen LogP contribution in [0.4, 0.5) is 0 Å². The first kappa shape index (κ1) is 13.6. The Bertz CT molecular complexity index is 416. The minimum absolute atomic E-state index is 0.169. The average molecular weight is 313 g/mol. The van der Waals surface area contributed by atoms with Gasteiger partial charge in [0.2, 0.25) is 0 Å². The lowest BCUT2D eigenvalue weighted by Gasteiger charge is -2.32. The topological polar surface area (TPSA) is 57.5 Å². The quantitative estimate of drug-likeness (QED) is 0.901. The van der Waals surface area contributed by atoms with Crippen molar-refractivity contribution in [2.24, 2.45) is 5.92 Å². The highest BCUT2D eigenvalue weighted by molar-refractivity contribution is 9.10. The smallest absolute Gasteiger partial charge is 0.311 e. The molecule has 0 bridgehead atoms. The van der Waals surface area contributed by atoms with E-state index in [0.717, 1.165) is 29.3 Å². The van der Waals surface area contributed by atoms with Crippen molar-refractivity contribution in [2.75, 3.05) is 0 Å². The summed E-state index contributed by atoms with van der Waals surface area (Å²) in [5, 5.41) is 19.5. The largest absolute Gasteiger partial charge is 0.481 e. The van der Waals surface area contributed by atoms with Gasteiger partial charge in [-0.1, -0.05) is 40.9 Å². The summed E-state index contributed by atoms with van der Waals surface area (Å²) in [6.45, 7) is 0. The van der Waals surface area contributed by atoms with Crippen LogP contribution in [0.5, 0.6) is 0 Å². The molecule has 0 aromatic heterocycles. The summed E-state index contributed by atoms with van der Waals surface area (Å²) in [5.74, 6) is -1.62. The number of aliphatic hydroxyl groups excluding tert-OH is 1. The molecular weight excluding hydrogens is 296 g/mol. The summed E-state index contributed by atoms with van der Waals surface area (Å²) < 4.78 is 0.930. The summed E-state index contributed by atoms with van der Waals surface area (Å²) in [4.78, 5) is 11.5. The second kappa shape index (κ2) is 5.85. The maximum absolute atomic E-state index is 11.5. The molecule has 3 atom stereocenters. The fraction of sp³-hybridized carbons (Fsp3) is 0.500. The van der Waals surface area contributed by atoms with Gasteiger partial charge in [0, 0.05) is 10.4 Å². The number of rotatable bonds is 3. The average Bonchev–Trinajstić information content (AvgIpc) is 2.34. The zero-order valence-corrected chi connectivity index (χ0v) is 11.6. The molecule has 0 aliphatic heterocycles. The maximum atomic E-state index is 11.5. The molecular formula is C14H17BrO3. The summed E-state index contributed by atoms with van der Waals surface area (Å²) in [7, 11) is 0. The molecule has 0 radical (unpaired) electrons. The van der Waals surface area contributed by atoms with Gasteiger partial charge in [-0.15, -0.1) is 0 Å². The van der Waals surface area contributed by atoms with E-state index in [1.54, 1.807) is 0 Å². The minimum Gasteiger partial charge on any atom is -0.481 e. The molecule has 0 spiro atoms. The number of hydrogen-bond acceptors (Lipinski definition) is 2. The number of aliphatic hydroxyl groups is 1.